The Morgan fingerprint density at radius 2 is 1.81 bits per heavy atom. The van der Waals surface area contributed by atoms with Gasteiger partial charge in [0.1, 0.15) is 11.5 Å². The summed E-state index contributed by atoms with van der Waals surface area (Å²) in [5.41, 5.74) is 6.00. The molecule has 2 aromatic rings. The zero-order chi connectivity index (χ0) is 19.6. The van der Waals surface area contributed by atoms with Gasteiger partial charge in [-0.3, -0.25) is 20.4 Å². The highest BCUT2D eigenvalue weighted by Gasteiger charge is 2.14. The number of unbranched alkanes of at least 4 members (excludes halogenated alkanes) is 1. The topological polar surface area (TPSA) is 76.7 Å². The number of nitrogens with one attached hydrogen (secondary N) is 2. The molecule has 0 aromatic heterocycles. The summed E-state index contributed by atoms with van der Waals surface area (Å²) < 4.78 is 11.8. The van der Waals surface area contributed by atoms with Crippen LogP contribution in [0.4, 0.5) is 0 Å². The number of halogens is 1. The van der Waals surface area contributed by atoms with Crippen molar-refractivity contribution in [3.63, 3.8) is 0 Å². The number of carbonyl (C=O) groups excluding carboxylic acids is 2. The first kappa shape index (κ1) is 20.8. The molecule has 6 nitrogen and oxygen atoms in total. The smallest absolute Gasteiger partial charge is 0.276 e. The van der Waals surface area contributed by atoms with Crippen LogP contribution in [0.25, 0.3) is 0 Å². The number of hydrogen-bond donors (Lipinski definition) is 2. The minimum atomic E-state index is -0.466. The molecule has 0 fully saturated rings. The van der Waals surface area contributed by atoms with E-state index in [2.05, 4.69) is 33.7 Å². The minimum Gasteiger partial charge on any atom is -0.493 e. The van der Waals surface area contributed by atoms with Crippen molar-refractivity contribution in [2.75, 3.05) is 13.2 Å². The van der Waals surface area contributed by atoms with Gasteiger partial charge >= 0.3 is 0 Å². The van der Waals surface area contributed by atoms with E-state index in [1.54, 1.807) is 24.3 Å². The lowest BCUT2D eigenvalue weighted by Gasteiger charge is -2.13. The minimum absolute atomic E-state index is 0.205. The number of rotatable bonds is 8. The Balaban J connectivity index is 1.90. The van der Waals surface area contributed by atoms with Gasteiger partial charge in [0.2, 0.25) is 0 Å². The van der Waals surface area contributed by atoms with Crippen molar-refractivity contribution >= 4 is 27.7 Å². The number of ether oxygens (including phenoxy) is 2. The van der Waals surface area contributed by atoms with Gasteiger partial charge in [-0.25, -0.2) is 0 Å². The summed E-state index contributed by atoms with van der Waals surface area (Å²) in [6.45, 7) is 4.27. The van der Waals surface area contributed by atoms with Crippen molar-refractivity contribution in [3.05, 3.63) is 58.1 Å². The Morgan fingerprint density at radius 1 is 1.04 bits per heavy atom. The van der Waals surface area contributed by atoms with E-state index in [1.807, 2.05) is 25.1 Å². The van der Waals surface area contributed by atoms with Crippen molar-refractivity contribution in [2.24, 2.45) is 0 Å². The Hall–Kier alpha value is -2.54. The molecule has 2 rings (SSSR count). The van der Waals surface area contributed by atoms with Gasteiger partial charge in [-0.1, -0.05) is 47.5 Å². The van der Waals surface area contributed by atoms with Crippen molar-refractivity contribution < 1.29 is 19.1 Å². The Bertz CT molecular complexity index is 795. The molecule has 0 aliphatic rings. The van der Waals surface area contributed by atoms with Crippen LogP contribution in [0, 0.1) is 6.92 Å². The van der Waals surface area contributed by atoms with E-state index in [-0.39, 0.29) is 6.61 Å². The van der Waals surface area contributed by atoms with E-state index < -0.39 is 11.8 Å². The van der Waals surface area contributed by atoms with E-state index in [9.17, 15) is 9.59 Å². The summed E-state index contributed by atoms with van der Waals surface area (Å²) in [7, 11) is 0. The number of hydrazine groups is 1. The molecule has 0 heterocycles. The summed E-state index contributed by atoms with van der Waals surface area (Å²) in [6, 6.07) is 12.6. The predicted octanol–water partition coefficient (Wildman–Crippen LogP) is 3.78. The van der Waals surface area contributed by atoms with Crippen molar-refractivity contribution in [2.45, 2.75) is 26.7 Å². The number of benzene rings is 2. The summed E-state index contributed by atoms with van der Waals surface area (Å²) in [5, 5.41) is 0. The van der Waals surface area contributed by atoms with Crippen molar-refractivity contribution in [3.8, 4) is 11.5 Å². The highest BCUT2D eigenvalue weighted by Crippen LogP contribution is 2.23. The lowest BCUT2D eigenvalue weighted by Crippen LogP contribution is -2.44. The predicted molar refractivity (Wildman–Crippen MR) is 107 cm³/mol. The first-order valence-electron chi connectivity index (χ1n) is 8.71. The summed E-state index contributed by atoms with van der Waals surface area (Å²) in [6.07, 6.45) is 1.89. The third-order valence-electron chi connectivity index (χ3n) is 3.71. The highest BCUT2D eigenvalue weighted by molar-refractivity contribution is 9.10. The largest absolute Gasteiger partial charge is 0.493 e. The van der Waals surface area contributed by atoms with Gasteiger partial charge in [0.25, 0.3) is 11.8 Å². The molecule has 0 spiro atoms. The van der Waals surface area contributed by atoms with Gasteiger partial charge in [-0.2, -0.15) is 0 Å². The number of carbonyl (C=O) groups is 2. The van der Waals surface area contributed by atoms with Gasteiger partial charge in [-0.05, 0) is 43.2 Å². The molecular weight excluding hydrogens is 412 g/mol. The molecule has 7 heteroatoms. The molecule has 0 aliphatic heterocycles. The Labute approximate surface area is 167 Å². The number of para-hydroxylation sites is 1. The summed E-state index contributed by atoms with van der Waals surface area (Å²) >= 11 is 3.34. The molecule has 0 unspecified atom stereocenters. The molecule has 2 aromatic carbocycles. The number of amides is 2. The normalized spacial score (nSPS) is 10.2. The van der Waals surface area contributed by atoms with E-state index in [4.69, 9.17) is 9.47 Å². The standard InChI is InChI=1S/C20H23BrN2O4/c1-3-4-11-26-18-10-9-15(21)12-16(18)20(25)23-22-19(24)13-27-17-8-6-5-7-14(17)2/h5-10,12H,3-4,11,13H2,1-2H3,(H,22,24)(H,23,25). The Kier molecular flexibility index (Phi) is 8.13. The van der Waals surface area contributed by atoms with Crippen LogP contribution >= 0.6 is 15.9 Å². The van der Waals surface area contributed by atoms with Crippen LogP contribution in [-0.4, -0.2) is 25.0 Å². The second kappa shape index (κ2) is 10.6. The molecular formula is C20H23BrN2O4. The van der Waals surface area contributed by atoms with Crippen molar-refractivity contribution in [1.82, 2.24) is 10.9 Å². The summed E-state index contributed by atoms with van der Waals surface area (Å²) in [5.74, 6) is 0.161. The Morgan fingerprint density at radius 3 is 2.56 bits per heavy atom. The third-order valence-corrected chi connectivity index (χ3v) is 4.20. The number of aryl methyl sites for hydroxylation is 1. The summed E-state index contributed by atoms with van der Waals surface area (Å²) in [4.78, 5) is 24.4. The average Bonchev–Trinajstić information content (AvgIpc) is 2.66. The van der Waals surface area contributed by atoms with Gasteiger partial charge < -0.3 is 9.47 Å². The average molecular weight is 435 g/mol. The van der Waals surface area contributed by atoms with E-state index >= 15 is 0 Å². The third kappa shape index (κ3) is 6.60. The zero-order valence-electron chi connectivity index (χ0n) is 15.4. The first-order valence-corrected chi connectivity index (χ1v) is 9.50. The zero-order valence-corrected chi connectivity index (χ0v) is 17.0. The van der Waals surface area contributed by atoms with Crippen LogP contribution in [0.3, 0.4) is 0 Å². The molecule has 144 valence electrons. The van der Waals surface area contributed by atoms with Gasteiger partial charge in [0.15, 0.2) is 6.61 Å². The SMILES string of the molecule is CCCCOc1ccc(Br)cc1C(=O)NNC(=O)COc1ccccc1C. The quantitative estimate of drug-likeness (QED) is 0.489. The van der Waals surface area contributed by atoms with Crippen molar-refractivity contribution in [1.29, 1.82) is 0 Å². The molecule has 0 atom stereocenters. The molecule has 0 bridgehead atoms. The first-order chi connectivity index (χ1) is 13.0. The van der Waals surface area contributed by atoms with E-state index in [1.165, 1.54) is 0 Å². The lowest BCUT2D eigenvalue weighted by molar-refractivity contribution is -0.123. The fourth-order valence-electron chi connectivity index (χ4n) is 2.22. The molecule has 0 saturated heterocycles. The molecule has 2 N–H and O–H groups in total. The second-order valence-electron chi connectivity index (χ2n) is 5.90. The van der Waals surface area contributed by atoms with E-state index in [0.29, 0.717) is 23.7 Å². The van der Waals surface area contributed by atoms with Crippen LogP contribution in [-0.2, 0) is 4.79 Å². The number of hydrogen-bond acceptors (Lipinski definition) is 4. The molecule has 27 heavy (non-hydrogen) atoms. The second-order valence-corrected chi connectivity index (χ2v) is 6.81. The monoisotopic (exact) mass is 434 g/mol. The molecule has 2 amide bonds. The maximum absolute atomic E-state index is 12.4. The van der Waals surface area contributed by atoms with Crippen LogP contribution in [0.2, 0.25) is 0 Å². The van der Waals surface area contributed by atoms with Gasteiger partial charge in [0, 0.05) is 4.47 Å². The van der Waals surface area contributed by atoms with Gasteiger partial charge in [-0.15, -0.1) is 0 Å². The molecule has 0 aliphatic carbocycles. The molecule has 0 radical (unpaired) electrons. The molecule has 0 saturated carbocycles. The fraction of sp³-hybridized carbons (Fsp3) is 0.300. The fourth-order valence-corrected chi connectivity index (χ4v) is 2.58. The lowest BCUT2D eigenvalue weighted by atomic mass is 10.2. The highest BCUT2D eigenvalue weighted by atomic mass is 79.9. The van der Waals surface area contributed by atoms with Crippen LogP contribution in [0.15, 0.2) is 46.9 Å². The van der Waals surface area contributed by atoms with E-state index in [0.717, 1.165) is 22.9 Å². The van der Waals surface area contributed by atoms with Gasteiger partial charge in [0.05, 0.1) is 12.2 Å². The van der Waals surface area contributed by atoms with Crippen LogP contribution in [0.5, 0.6) is 11.5 Å². The maximum atomic E-state index is 12.4. The van der Waals surface area contributed by atoms with Crippen LogP contribution in [0.1, 0.15) is 35.7 Å². The van der Waals surface area contributed by atoms with Crippen LogP contribution < -0.4 is 20.3 Å². The maximum Gasteiger partial charge on any atom is 0.276 e.